The second kappa shape index (κ2) is 4.13. The molecule has 2 aromatic carbocycles. The third-order valence-corrected chi connectivity index (χ3v) is 6.40. The van der Waals surface area contributed by atoms with E-state index < -0.39 is 0 Å². The maximum absolute atomic E-state index is 3.48. The molecule has 21 heavy (non-hydrogen) atoms. The Kier molecular flexibility index (Phi) is 2.33. The van der Waals surface area contributed by atoms with Gasteiger partial charge >= 0.3 is 0 Å². The predicted octanol–water partition coefficient (Wildman–Crippen LogP) is 5.12. The van der Waals surface area contributed by atoms with E-state index in [9.17, 15) is 0 Å². The first kappa shape index (κ1) is 11.9. The summed E-state index contributed by atoms with van der Waals surface area (Å²) in [7, 11) is 0. The first-order valence-corrected chi connectivity index (χ1v) is 8.26. The minimum atomic E-state index is 0.556. The maximum Gasteiger partial charge on any atom is 0.0384 e. The standard InChI is InChI=1S/C20H21N/c1-2-4-18(5-3-1)21-19-8-6-16(7-9-19)20-12-14-10-17(20)11-15(14)13-20/h1-9,14-15,17,21H,10-13H2. The van der Waals surface area contributed by atoms with E-state index in [-0.39, 0.29) is 0 Å². The smallest absolute Gasteiger partial charge is 0.0384 e. The lowest BCUT2D eigenvalue weighted by atomic mass is 9.75. The number of nitrogens with one attached hydrogen (secondary N) is 1. The summed E-state index contributed by atoms with van der Waals surface area (Å²) in [6.07, 6.45) is 5.95. The highest BCUT2D eigenvalue weighted by molar-refractivity contribution is 5.60. The number of benzene rings is 2. The van der Waals surface area contributed by atoms with Crippen LogP contribution in [0.4, 0.5) is 11.4 Å². The van der Waals surface area contributed by atoms with Gasteiger partial charge in [0.25, 0.3) is 0 Å². The quantitative estimate of drug-likeness (QED) is 0.820. The van der Waals surface area contributed by atoms with E-state index in [2.05, 4.69) is 59.9 Å². The van der Waals surface area contributed by atoms with Gasteiger partial charge in [0, 0.05) is 11.4 Å². The van der Waals surface area contributed by atoms with Crippen molar-refractivity contribution in [2.75, 3.05) is 5.32 Å². The topological polar surface area (TPSA) is 12.0 Å². The van der Waals surface area contributed by atoms with Crippen molar-refractivity contribution in [3.05, 3.63) is 60.2 Å². The minimum Gasteiger partial charge on any atom is -0.356 e. The zero-order valence-corrected chi connectivity index (χ0v) is 12.3. The van der Waals surface area contributed by atoms with Gasteiger partial charge in [-0.3, -0.25) is 0 Å². The molecular formula is C20H21N. The Morgan fingerprint density at radius 3 is 1.95 bits per heavy atom. The largest absolute Gasteiger partial charge is 0.356 e. The molecule has 4 aliphatic carbocycles. The minimum absolute atomic E-state index is 0.556. The summed E-state index contributed by atoms with van der Waals surface area (Å²) in [4.78, 5) is 0. The Bertz CT molecular complexity index is 644. The maximum atomic E-state index is 3.48. The zero-order valence-electron chi connectivity index (χ0n) is 12.3. The van der Waals surface area contributed by atoms with Crippen LogP contribution >= 0.6 is 0 Å². The van der Waals surface area contributed by atoms with Crippen molar-refractivity contribution in [2.45, 2.75) is 31.1 Å². The van der Waals surface area contributed by atoms with Gasteiger partial charge in [0.05, 0.1) is 0 Å². The van der Waals surface area contributed by atoms with Gasteiger partial charge < -0.3 is 5.32 Å². The first-order valence-electron chi connectivity index (χ1n) is 8.26. The molecule has 6 rings (SSSR count). The zero-order chi connectivity index (χ0) is 13.9. The van der Waals surface area contributed by atoms with Crippen molar-refractivity contribution in [3.8, 4) is 0 Å². The summed E-state index contributed by atoms with van der Waals surface area (Å²) in [5, 5.41) is 3.48. The Labute approximate surface area is 126 Å². The lowest BCUT2D eigenvalue weighted by molar-refractivity contribution is 0.371. The first-order chi connectivity index (χ1) is 10.3. The van der Waals surface area contributed by atoms with Crippen molar-refractivity contribution in [3.63, 3.8) is 0 Å². The van der Waals surface area contributed by atoms with Crippen LogP contribution in [-0.4, -0.2) is 0 Å². The summed E-state index contributed by atoms with van der Waals surface area (Å²) >= 11 is 0. The third kappa shape index (κ3) is 1.64. The Morgan fingerprint density at radius 1 is 0.762 bits per heavy atom. The van der Waals surface area contributed by atoms with E-state index in [1.165, 1.54) is 31.4 Å². The molecule has 1 heteroatoms. The fourth-order valence-electron chi connectivity index (χ4n) is 5.56. The van der Waals surface area contributed by atoms with Gasteiger partial charge in [0.2, 0.25) is 0 Å². The summed E-state index contributed by atoms with van der Waals surface area (Å²) in [5.41, 5.74) is 4.52. The van der Waals surface area contributed by atoms with Crippen LogP contribution in [0, 0.1) is 17.8 Å². The second-order valence-electron chi connectivity index (χ2n) is 7.32. The van der Waals surface area contributed by atoms with Crippen molar-refractivity contribution in [1.82, 2.24) is 0 Å². The number of anilines is 2. The molecule has 2 aromatic rings. The molecule has 0 radical (unpaired) electrons. The Balaban J connectivity index is 1.41. The molecule has 0 saturated heterocycles. The van der Waals surface area contributed by atoms with Gasteiger partial charge in [-0.15, -0.1) is 0 Å². The summed E-state index contributed by atoms with van der Waals surface area (Å²) in [5.74, 6) is 3.09. The molecule has 4 aliphatic rings. The average molecular weight is 275 g/mol. The molecule has 1 N–H and O–H groups in total. The van der Waals surface area contributed by atoms with Crippen LogP contribution < -0.4 is 5.32 Å². The van der Waals surface area contributed by atoms with Crippen LogP contribution in [0.5, 0.6) is 0 Å². The van der Waals surface area contributed by atoms with Crippen LogP contribution in [0.25, 0.3) is 0 Å². The van der Waals surface area contributed by atoms with Crippen LogP contribution in [-0.2, 0) is 5.41 Å². The predicted molar refractivity (Wildman–Crippen MR) is 86.8 cm³/mol. The highest BCUT2D eigenvalue weighted by atomic mass is 14.9. The van der Waals surface area contributed by atoms with Gasteiger partial charge in [-0.1, -0.05) is 30.3 Å². The lowest BCUT2D eigenvalue weighted by Crippen LogP contribution is -2.24. The average Bonchev–Trinajstić information content (AvgIpc) is 3.23. The number of hydrogen-bond donors (Lipinski definition) is 1. The molecule has 0 aliphatic heterocycles. The molecule has 0 spiro atoms. The van der Waals surface area contributed by atoms with Crippen molar-refractivity contribution in [2.24, 2.45) is 17.8 Å². The third-order valence-electron chi connectivity index (χ3n) is 6.40. The monoisotopic (exact) mass is 275 g/mol. The normalized spacial score (nSPS) is 35.5. The van der Waals surface area contributed by atoms with Crippen molar-refractivity contribution >= 4 is 11.4 Å². The highest BCUT2D eigenvalue weighted by Crippen LogP contribution is 2.70. The molecule has 2 atom stereocenters. The Hall–Kier alpha value is -1.76. The molecule has 0 aromatic heterocycles. The van der Waals surface area contributed by atoms with E-state index in [1.54, 1.807) is 5.56 Å². The van der Waals surface area contributed by atoms with Gasteiger partial charge in [0.1, 0.15) is 0 Å². The second-order valence-corrected chi connectivity index (χ2v) is 7.32. The van der Waals surface area contributed by atoms with Gasteiger partial charge in [-0.25, -0.2) is 0 Å². The number of rotatable bonds is 3. The van der Waals surface area contributed by atoms with Crippen LogP contribution in [0.15, 0.2) is 54.6 Å². The van der Waals surface area contributed by atoms with E-state index in [4.69, 9.17) is 0 Å². The summed E-state index contributed by atoms with van der Waals surface area (Å²) in [6.45, 7) is 0. The molecule has 0 heterocycles. The van der Waals surface area contributed by atoms with E-state index in [0.29, 0.717) is 5.41 Å². The molecule has 2 unspecified atom stereocenters. The van der Waals surface area contributed by atoms with E-state index in [1.807, 2.05) is 0 Å². The molecular weight excluding hydrogens is 254 g/mol. The molecule has 4 saturated carbocycles. The van der Waals surface area contributed by atoms with E-state index >= 15 is 0 Å². The summed E-state index contributed by atoms with van der Waals surface area (Å²) < 4.78 is 0. The van der Waals surface area contributed by atoms with E-state index in [0.717, 1.165) is 23.4 Å². The van der Waals surface area contributed by atoms with Crippen LogP contribution in [0.1, 0.15) is 31.2 Å². The lowest BCUT2D eigenvalue weighted by Gasteiger charge is -2.29. The van der Waals surface area contributed by atoms with Gasteiger partial charge in [0.15, 0.2) is 0 Å². The van der Waals surface area contributed by atoms with Crippen molar-refractivity contribution in [1.29, 1.82) is 0 Å². The molecule has 0 amide bonds. The number of hydrogen-bond acceptors (Lipinski definition) is 1. The number of para-hydroxylation sites is 1. The van der Waals surface area contributed by atoms with Crippen molar-refractivity contribution < 1.29 is 0 Å². The summed E-state index contributed by atoms with van der Waals surface area (Å²) in [6, 6.07) is 19.7. The fraction of sp³-hybridized carbons (Fsp3) is 0.400. The highest BCUT2D eigenvalue weighted by Gasteiger charge is 2.63. The van der Waals surface area contributed by atoms with Gasteiger partial charge in [-0.2, -0.15) is 0 Å². The SMILES string of the molecule is c1ccc(Nc2ccc(C34CC5CC3CC5C4)cc2)cc1. The molecule has 1 nitrogen and oxygen atoms in total. The van der Waals surface area contributed by atoms with Crippen LogP contribution in [0.2, 0.25) is 0 Å². The molecule has 4 bridgehead atoms. The van der Waals surface area contributed by atoms with Crippen LogP contribution in [0.3, 0.4) is 0 Å². The fourth-order valence-corrected chi connectivity index (χ4v) is 5.56. The molecule has 4 fully saturated rings. The Morgan fingerprint density at radius 2 is 1.38 bits per heavy atom. The molecule has 106 valence electrons. The van der Waals surface area contributed by atoms with Gasteiger partial charge in [-0.05, 0) is 78.7 Å².